The zero-order valence-electron chi connectivity index (χ0n) is 14.1. The third-order valence-corrected chi connectivity index (χ3v) is 8.40. The first-order valence-corrected chi connectivity index (χ1v) is 11.5. The molecule has 2 saturated heterocycles. The van der Waals surface area contributed by atoms with E-state index < -0.39 is 19.9 Å². The van der Waals surface area contributed by atoms with Gasteiger partial charge in [0.25, 0.3) is 0 Å². The molecular formula is C16H23NO6S2. The van der Waals surface area contributed by atoms with Crippen LogP contribution in [0.5, 0.6) is 0 Å². The number of ether oxygens (including phenoxy) is 2. The van der Waals surface area contributed by atoms with Crippen molar-refractivity contribution in [2.75, 3.05) is 32.1 Å². The SMILES string of the molecule is CCS(=O)(=O)c1ccc(S(=O)(=O)N2CCC(C3OCCO3)CC2)cc1. The molecule has 0 radical (unpaired) electrons. The molecule has 9 heteroatoms. The van der Waals surface area contributed by atoms with Crippen LogP contribution in [0.1, 0.15) is 19.8 Å². The second-order valence-electron chi connectivity index (χ2n) is 6.23. The lowest BCUT2D eigenvalue weighted by molar-refractivity contribution is -0.0938. The second-order valence-corrected chi connectivity index (χ2v) is 10.4. The highest BCUT2D eigenvalue weighted by Crippen LogP contribution is 2.29. The van der Waals surface area contributed by atoms with Gasteiger partial charge in [-0.15, -0.1) is 0 Å². The maximum atomic E-state index is 12.8. The molecule has 0 aromatic heterocycles. The van der Waals surface area contributed by atoms with Crippen LogP contribution in [0.3, 0.4) is 0 Å². The molecule has 0 unspecified atom stereocenters. The summed E-state index contributed by atoms with van der Waals surface area (Å²) in [6.45, 7) is 3.56. The zero-order chi connectivity index (χ0) is 18.1. The Morgan fingerprint density at radius 2 is 1.48 bits per heavy atom. The van der Waals surface area contributed by atoms with E-state index in [-0.39, 0.29) is 27.8 Å². The van der Waals surface area contributed by atoms with Gasteiger partial charge in [-0.2, -0.15) is 4.31 Å². The molecule has 0 saturated carbocycles. The van der Waals surface area contributed by atoms with E-state index in [2.05, 4.69) is 0 Å². The van der Waals surface area contributed by atoms with E-state index in [1.807, 2.05) is 0 Å². The van der Waals surface area contributed by atoms with Crippen LogP contribution in [0.4, 0.5) is 0 Å². The van der Waals surface area contributed by atoms with Crippen LogP contribution in [0, 0.1) is 5.92 Å². The van der Waals surface area contributed by atoms with Crippen molar-refractivity contribution < 1.29 is 26.3 Å². The average Bonchev–Trinajstić information content (AvgIpc) is 3.16. The molecule has 1 aromatic rings. The smallest absolute Gasteiger partial charge is 0.243 e. The van der Waals surface area contributed by atoms with Gasteiger partial charge in [0.05, 0.1) is 28.8 Å². The fourth-order valence-electron chi connectivity index (χ4n) is 3.17. The van der Waals surface area contributed by atoms with Crippen molar-refractivity contribution in [3.05, 3.63) is 24.3 Å². The lowest BCUT2D eigenvalue weighted by Gasteiger charge is -2.33. The predicted molar refractivity (Wildman–Crippen MR) is 91.3 cm³/mol. The van der Waals surface area contributed by atoms with Crippen molar-refractivity contribution in [3.8, 4) is 0 Å². The molecule has 0 amide bonds. The van der Waals surface area contributed by atoms with Gasteiger partial charge in [-0.3, -0.25) is 0 Å². The predicted octanol–water partition coefficient (Wildman–Crippen LogP) is 1.25. The molecule has 0 N–H and O–H groups in total. The Morgan fingerprint density at radius 1 is 0.960 bits per heavy atom. The van der Waals surface area contributed by atoms with Crippen LogP contribution in [0.15, 0.2) is 34.1 Å². The van der Waals surface area contributed by atoms with Gasteiger partial charge < -0.3 is 9.47 Å². The Morgan fingerprint density at radius 3 is 2.00 bits per heavy atom. The minimum Gasteiger partial charge on any atom is -0.350 e. The van der Waals surface area contributed by atoms with Crippen LogP contribution in [-0.2, 0) is 29.3 Å². The van der Waals surface area contributed by atoms with Crippen molar-refractivity contribution in [3.63, 3.8) is 0 Å². The molecule has 2 fully saturated rings. The van der Waals surface area contributed by atoms with Gasteiger partial charge in [0.15, 0.2) is 16.1 Å². The average molecular weight is 389 g/mol. The van der Waals surface area contributed by atoms with Gasteiger partial charge >= 0.3 is 0 Å². The lowest BCUT2D eigenvalue weighted by Crippen LogP contribution is -2.41. The summed E-state index contributed by atoms with van der Waals surface area (Å²) in [6, 6.07) is 5.46. The number of nitrogens with zero attached hydrogens (tertiary/aromatic N) is 1. The Bertz CT molecular complexity index is 790. The number of piperidine rings is 1. The molecule has 1 aromatic carbocycles. The monoisotopic (exact) mass is 389 g/mol. The van der Waals surface area contributed by atoms with Crippen molar-refractivity contribution in [2.24, 2.45) is 5.92 Å². The van der Waals surface area contributed by atoms with Gasteiger partial charge in [-0.1, -0.05) is 6.92 Å². The normalized spacial score (nSPS) is 21.6. The molecule has 2 aliphatic heterocycles. The van der Waals surface area contributed by atoms with Crippen LogP contribution >= 0.6 is 0 Å². The summed E-state index contributed by atoms with van der Waals surface area (Å²) >= 11 is 0. The molecule has 0 aliphatic carbocycles. The van der Waals surface area contributed by atoms with E-state index in [4.69, 9.17) is 9.47 Å². The number of hydrogen-bond acceptors (Lipinski definition) is 6. The van der Waals surface area contributed by atoms with Crippen LogP contribution in [-0.4, -0.2) is 59.5 Å². The summed E-state index contributed by atoms with van der Waals surface area (Å²) in [5, 5.41) is 0. The first kappa shape index (κ1) is 18.8. The van der Waals surface area contributed by atoms with Gasteiger partial charge in [0, 0.05) is 19.0 Å². The molecule has 7 nitrogen and oxygen atoms in total. The standard InChI is InChI=1S/C16H23NO6S2/c1-2-24(18,19)14-3-5-15(6-4-14)25(20,21)17-9-7-13(8-10-17)16-22-11-12-23-16/h3-6,13,16H,2,7-12H2,1H3. The molecule has 0 atom stereocenters. The summed E-state index contributed by atoms with van der Waals surface area (Å²) < 4.78 is 61.7. The summed E-state index contributed by atoms with van der Waals surface area (Å²) in [6.07, 6.45) is 1.15. The van der Waals surface area contributed by atoms with Crippen LogP contribution in [0.2, 0.25) is 0 Å². The lowest BCUT2D eigenvalue weighted by atomic mass is 9.98. The number of hydrogen-bond donors (Lipinski definition) is 0. The topological polar surface area (TPSA) is 90.0 Å². The molecule has 25 heavy (non-hydrogen) atoms. The highest BCUT2D eigenvalue weighted by Gasteiger charge is 2.34. The quantitative estimate of drug-likeness (QED) is 0.753. The van der Waals surface area contributed by atoms with E-state index in [1.165, 1.54) is 28.6 Å². The maximum absolute atomic E-state index is 12.8. The number of benzene rings is 1. The fraction of sp³-hybridized carbons (Fsp3) is 0.625. The van der Waals surface area contributed by atoms with Crippen LogP contribution < -0.4 is 0 Å². The Labute approximate surface area is 148 Å². The fourth-order valence-corrected chi connectivity index (χ4v) is 5.53. The van der Waals surface area contributed by atoms with Crippen LogP contribution in [0.25, 0.3) is 0 Å². The van der Waals surface area contributed by atoms with E-state index in [0.29, 0.717) is 39.1 Å². The molecule has 2 heterocycles. The van der Waals surface area contributed by atoms with Gasteiger partial charge in [-0.25, -0.2) is 16.8 Å². The van der Waals surface area contributed by atoms with Crippen molar-refractivity contribution in [2.45, 2.75) is 35.8 Å². The van der Waals surface area contributed by atoms with E-state index in [9.17, 15) is 16.8 Å². The van der Waals surface area contributed by atoms with Crippen molar-refractivity contribution in [1.29, 1.82) is 0 Å². The highest BCUT2D eigenvalue weighted by atomic mass is 32.2. The summed E-state index contributed by atoms with van der Waals surface area (Å²) in [7, 11) is -6.96. The molecule has 0 bridgehead atoms. The number of rotatable bonds is 5. The van der Waals surface area contributed by atoms with Gasteiger partial charge in [0.1, 0.15) is 0 Å². The third kappa shape index (κ3) is 3.90. The zero-order valence-corrected chi connectivity index (χ0v) is 15.8. The Balaban J connectivity index is 1.70. The number of sulfone groups is 1. The maximum Gasteiger partial charge on any atom is 0.243 e. The Kier molecular flexibility index (Phi) is 5.50. The van der Waals surface area contributed by atoms with Gasteiger partial charge in [0.2, 0.25) is 10.0 Å². The molecule has 2 aliphatic rings. The Hall–Kier alpha value is -1.00. The van der Waals surface area contributed by atoms with Crippen molar-refractivity contribution in [1.82, 2.24) is 4.31 Å². The summed E-state index contributed by atoms with van der Waals surface area (Å²) in [5.74, 6) is 0.198. The van der Waals surface area contributed by atoms with Gasteiger partial charge in [-0.05, 0) is 37.1 Å². The van der Waals surface area contributed by atoms with E-state index in [0.717, 1.165) is 0 Å². The second kappa shape index (κ2) is 7.32. The first-order chi connectivity index (χ1) is 11.8. The third-order valence-electron chi connectivity index (χ3n) is 4.73. The summed E-state index contributed by atoms with van der Waals surface area (Å²) in [5.41, 5.74) is 0. The van der Waals surface area contributed by atoms with Crippen molar-refractivity contribution >= 4 is 19.9 Å². The molecule has 3 rings (SSSR count). The van der Waals surface area contributed by atoms with E-state index in [1.54, 1.807) is 6.92 Å². The summed E-state index contributed by atoms with van der Waals surface area (Å²) in [4.78, 5) is 0.262. The first-order valence-electron chi connectivity index (χ1n) is 8.41. The molecule has 140 valence electrons. The minimum absolute atomic E-state index is 0.0160. The highest BCUT2D eigenvalue weighted by molar-refractivity contribution is 7.91. The largest absolute Gasteiger partial charge is 0.350 e. The molecular weight excluding hydrogens is 366 g/mol. The van der Waals surface area contributed by atoms with E-state index >= 15 is 0 Å². The number of sulfonamides is 1. The molecule has 0 spiro atoms. The minimum atomic E-state index is -3.62.